The van der Waals surface area contributed by atoms with Gasteiger partial charge in [-0.25, -0.2) is 15.0 Å². The first-order chi connectivity index (χ1) is 16.0. The lowest BCUT2D eigenvalue weighted by atomic mass is 9.94. The third-order valence-electron chi connectivity index (χ3n) is 6.48. The number of pyridine rings is 1. The Balaban J connectivity index is 1.27. The maximum atomic E-state index is 10.2. The highest BCUT2D eigenvalue weighted by Crippen LogP contribution is 2.28. The monoisotopic (exact) mass is 439 g/mol. The lowest BCUT2D eigenvalue weighted by molar-refractivity contribution is 0.0350. The third kappa shape index (κ3) is 3.82. The molecule has 5 heterocycles. The lowest BCUT2D eigenvalue weighted by Gasteiger charge is -2.36. The number of nitrogens with zero attached hydrogens (tertiary/aromatic N) is 6. The van der Waals surface area contributed by atoms with Gasteiger partial charge in [0, 0.05) is 43.5 Å². The Morgan fingerprint density at radius 1 is 1.09 bits per heavy atom. The second-order valence-corrected chi connectivity index (χ2v) is 9.03. The minimum absolute atomic E-state index is 0.573. The predicted molar refractivity (Wildman–Crippen MR) is 129 cm³/mol. The average Bonchev–Trinajstić information content (AvgIpc) is 3.48. The Hall–Kier alpha value is -3.78. The molecule has 8 nitrogen and oxygen atoms in total. The number of aliphatic hydroxyl groups is 1. The second-order valence-electron chi connectivity index (χ2n) is 9.03. The van der Waals surface area contributed by atoms with Crippen LogP contribution < -0.4 is 10.2 Å². The largest absolute Gasteiger partial charge is 0.390 e. The van der Waals surface area contributed by atoms with Crippen LogP contribution in [0.1, 0.15) is 30.9 Å². The molecule has 0 atom stereocenters. The van der Waals surface area contributed by atoms with Gasteiger partial charge >= 0.3 is 0 Å². The van der Waals surface area contributed by atoms with E-state index in [0.29, 0.717) is 12.4 Å². The maximum absolute atomic E-state index is 10.2. The molecule has 0 bridgehead atoms. The molecule has 0 saturated carbocycles. The minimum Gasteiger partial charge on any atom is -0.390 e. The molecular formula is C25H25N7O. The van der Waals surface area contributed by atoms with E-state index in [-0.39, 0.29) is 0 Å². The number of rotatable bonds is 4. The highest BCUT2D eigenvalue weighted by Gasteiger charge is 2.27. The fourth-order valence-electron chi connectivity index (χ4n) is 4.43. The molecule has 1 fully saturated rings. The van der Waals surface area contributed by atoms with Gasteiger partial charge < -0.3 is 19.7 Å². The summed E-state index contributed by atoms with van der Waals surface area (Å²) in [5, 5.41) is 13.6. The highest BCUT2D eigenvalue weighted by atomic mass is 16.3. The Bertz CT molecular complexity index is 1350. The van der Waals surface area contributed by atoms with Crippen LogP contribution in [0.25, 0.3) is 16.9 Å². The van der Waals surface area contributed by atoms with Crippen molar-refractivity contribution in [3.05, 3.63) is 66.2 Å². The molecule has 0 unspecified atom stereocenters. The summed E-state index contributed by atoms with van der Waals surface area (Å²) in [5.41, 5.74) is 5.33. The molecule has 6 rings (SSSR count). The number of aromatic nitrogens is 4. The summed E-state index contributed by atoms with van der Waals surface area (Å²) < 4.78 is 1.98. The van der Waals surface area contributed by atoms with Crippen molar-refractivity contribution >= 4 is 29.2 Å². The summed E-state index contributed by atoms with van der Waals surface area (Å²) in [6.07, 6.45) is 10.9. The molecule has 0 amide bonds. The predicted octanol–water partition coefficient (Wildman–Crippen LogP) is 3.82. The first kappa shape index (κ1) is 19.9. The molecule has 2 aliphatic heterocycles. The van der Waals surface area contributed by atoms with Gasteiger partial charge in [0.05, 0.1) is 29.7 Å². The summed E-state index contributed by atoms with van der Waals surface area (Å²) in [6.45, 7) is 4.22. The van der Waals surface area contributed by atoms with E-state index in [1.54, 1.807) is 6.20 Å². The number of imidazole rings is 1. The number of aliphatic imine (C=N–C) groups is 1. The zero-order chi connectivity index (χ0) is 22.4. The summed E-state index contributed by atoms with van der Waals surface area (Å²) >= 11 is 0. The van der Waals surface area contributed by atoms with E-state index in [9.17, 15) is 5.11 Å². The molecule has 166 valence electrons. The standard InChI is InChI=1S/C25H25N7O/c1-25(33)6-9-31(10-7-25)22-5-4-20(15-28-22)29-23-24-27-8-11-32(24)16-21(30-23)17-2-3-18-13-26-14-19(18)12-17/h2-5,8,11-13,15-16,33H,6-7,9-10,14H2,1H3,(H,29,30). The Morgan fingerprint density at radius 3 is 2.79 bits per heavy atom. The van der Waals surface area contributed by atoms with E-state index >= 15 is 0 Å². The summed E-state index contributed by atoms with van der Waals surface area (Å²) in [5.74, 6) is 1.60. The van der Waals surface area contributed by atoms with Gasteiger partial charge in [-0.05, 0) is 49.1 Å². The third-order valence-corrected chi connectivity index (χ3v) is 6.48. The topological polar surface area (TPSA) is 90.9 Å². The zero-order valence-corrected chi connectivity index (χ0v) is 18.4. The van der Waals surface area contributed by atoms with E-state index in [0.717, 1.165) is 54.3 Å². The van der Waals surface area contributed by atoms with Crippen LogP contribution in [-0.2, 0) is 6.54 Å². The molecule has 1 saturated heterocycles. The molecule has 0 spiro atoms. The van der Waals surface area contributed by atoms with Crippen LogP contribution in [0.2, 0.25) is 0 Å². The van der Waals surface area contributed by atoms with Crippen molar-refractivity contribution in [3.8, 4) is 11.3 Å². The van der Waals surface area contributed by atoms with Crippen molar-refractivity contribution in [2.24, 2.45) is 4.99 Å². The maximum Gasteiger partial charge on any atom is 0.180 e. The minimum atomic E-state index is -0.573. The van der Waals surface area contributed by atoms with E-state index < -0.39 is 5.60 Å². The van der Waals surface area contributed by atoms with Crippen LogP contribution >= 0.6 is 0 Å². The van der Waals surface area contributed by atoms with Gasteiger partial charge in [-0.1, -0.05) is 12.1 Å². The lowest BCUT2D eigenvalue weighted by Crippen LogP contribution is -2.42. The summed E-state index contributed by atoms with van der Waals surface area (Å²) in [6, 6.07) is 10.3. The quantitative estimate of drug-likeness (QED) is 0.502. The van der Waals surface area contributed by atoms with E-state index in [2.05, 4.69) is 43.4 Å². The first-order valence-corrected chi connectivity index (χ1v) is 11.2. The first-order valence-electron chi connectivity index (χ1n) is 11.2. The van der Waals surface area contributed by atoms with E-state index in [4.69, 9.17) is 4.98 Å². The van der Waals surface area contributed by atoms with Crippen molar-refractivity contribution in [2.45, 2.75) is 31.9 Å². The molecule has 2 aliphatic rings. The van der Waals surface area contributed by atoms with Crippen LogP contribution in [-0.4, -0.2) is 49.4 Å². The number of anilines is 3. The van der Waals surface area contributed by atoms with Crippen LogP contribution in [0.3, 0.4) is 0 Å². The van der Waals surface area contributed by atoms with Crippen molar-refractivity contribution in [1.82, 2.24) is 19.4 Å². The number of hydrogen-bond donors (Lipinski definition) is 2. The van der Waals surface area contributed by atoms with Gasteiger partial charge in [0.25, 0.3) is 0 Å². The van der Waals surface area contributed by atoms with Crippen LogP contribution in [0, 0.1) is 0 Å². The van der Waals surface area contributed by atoms with Gasteiger partial charge in [-0.2, -0.15) is 0 Å². The van der Waals surface area contributed by atoms with Gasteiger partial charge in [-0.3, -0.25) is 4.99 Å². The van der Waals surface area contributed by atoms with Gasteiger partial charge in [0.2, 0.25) is 0 Å². The normalized spacial score (nSPS) is 16.8. The Labute approximate surface area is 191 Å². The van der Waals surface area contributed by atoms with Gasteiger partial charge in [0.1, 0.15) is 5.82 Å². The summed E-state index contributed by atoms with van der Waals surface area (Å²) in [4.78, 5) is 20.6. The number of benzene rings is 1. The smallest absolute Gasteiger partial charge is 0.180 e. The molecule has 3 aromatic heterocycles. The zero-order valence-electron chi connectivity index (χ0n) is 18.4. The molecule has 0 aliphatic carbocycles. The highest BCUT2D eigenvalue weighted by molar-refractivity contribution is 5.86. The van der Waals surface area contributed by atoms with Gasteiger partial charge in [0.15, 0.2) is 11.5 Å². The van der Waals surface area contributed by atoms with Crippen LogP contribution in [0.5, 0.6) is 0 Å². The number of fused-ring (bicyclic) bond motifs is 2. The molecule has 1 aromatic carbocycles. The Morgan fingerprint density at radius 2 is 1.97 bits per heavy atom. The fourth-order valence-corrected chi connectivity index (χ4v) is 4.43. The van der Waals surface area contributed by atoms with E-state index in [1.165, 1.54) is 11.1 Å². The van der Waals surface area contributed by atoms with Crippen molar-refractivity contribution in [2.75, 3.05) is 23.3 Å². The number of nitrogens with one attached hydrogen (secondary N) is 1. The number of piperidine rings is 1. The molecular weight excluding hydrogens is 414 g/mol. The molecule has 0 radical (unpaired) electrons. The second kappa shape index (κ2) is 7.67. The fraction of sp³-hybridized carbons (Fsp3) is 0.280. The van der Waals surface area contributed by atoms with E-state index in [1.807, 2.05) is 48.3 Å². The van der Waals surface area contributed by atoms with Crippen molar-refractivity contribution in [3.63, 3.8) is 0 Å². The van der Waals surface area contributed by atoms with Crippen LogP contribution in [0.4, 0.5) is 17.3 Å². The molecule has 4 aromatic rings. The van der Waals surface area contributed by atoms with Crippen molar-refractivity contribution < 1.29 is 5.11 Å². The molecule has 8 heteroatoms. The molecule has 33 heavy (non-hydrogen) atoms. The molecule has 2 N–H and O–H groups in total. The van der Waals surface area contributed by atoms with Crippen LogP contribution in [0.15, 0.2) is 60.1 Å². The van der Waals surface area contributed by atoms with Gasteiger partial charge in [-0.15, -0.1) is 0 Å². The SMILES string of the molecule is CC1(O)CCN(c2ccc(Nc3nc(-c4ccc5c(c4)CN=C5)cn4ccnc34)cn2)CC1. The number of hydrogen-bond acceptors (Lipinski definition) is 7. The van der Waals surface area contributed by atoms with Crippen molar-refractivity contribution in [1.29, 1.82) is 0 Å². The Kier molecular flexibility index (Phi) is 4.62. The average molecular weight is 440 g/mol. The summed E-state index contributed by atoms with van der Waals surface area (Å²) in [7, 11) is 0.